The summed E-state index contributed by atoms with van der Waals surface area (Å²) in [6.45, 7) is 4.11. The highest BCUT2D eigenvalue weighted by Gasteiger charge is 2.31. The molecule has 0 spiro atoms. The van der Waals surface area contributed by atoms with Gasteiger partial charge < -0.3 is 29.5 Å². The Balaban J connectivity index is 0.000000332. The van der Waals surface area contributed by atoms with Crippen LogP contribution < -0.4 is 14.8 Å². The standard InChI is InChI=1S/C20H20F3NO3.C12H14F3NO.CH4O.H2/c21-20(22,23)17-6-8-18(9-7-17)26-14-16-10-11-24(12-16)19(25)27-13-15-4-2-1-3-5-15;13-12(14,15)10-1-3-11(4-2-10)17-8-9-5-6-16-7-9;1-2;/h1-9,16H,10-14H2;1-4,9,16H,5-8H2;2H,1H3;1H/t16-;9-;;/m00../s1. The molecule has 2 N–H and O–H groups in total. The average Bonchev–Trinajstić information content (AvgIpc) is 3.76. The Hall–Kier alpha value is -3.97. The van der Waals surface area contributed by atoms with E-state index in [4.69, 9.17) is 19.3 Å². The van der Waals surface area contributed by atoms with Gasteiger partial charge in [-0.25, -0.2) is 4.79 Å². The van der Waals surface area contributed by atoms with E-state index in [2.05, 4.69) is 5.32 Å². The van der Waals surface area contributed by atoms with Gasteiger partial charge in [0.25, 0.3) is 0 Å². The normalized spacial score (nSPS) is 17.7. The van der Waals surface area contributed by atoms with Crippen LogP contribution in [0.25, 0.3) is 0 Å². The third-order valence-electron chi connectivity index (χ3n) is 7.25. The van der Waals surface area contributed by atoms with E-state index < -0.39 is 23.5 Å². The highest BCUT2D eigenvalue weighted by atomic mass is 19.4. The van der Waals surface area contributed by atoms with Crippen LogP contribution in [-0.4, -0.2) is 62.6 Å². The minimum atomic E-state index is -4.36. The first-order valence-electron chi connectivity index (χ1n) is 14.7. The Labute approximate surface area is 265 Å². The van der Waals surface area contributed by atoms with Gasteiger partial charge in [0.05, 0.1) is 24.3 Å². The SMILES string of the molecule is CO.FC(F)(F)c1ccc(OC[C@H]2CCNC2)cc1.O=C(OCc1ccccc1)N1CC[C@H](COc2ccc(C(F)(F)F)cc2)C1.[HH]. The predicted octanol–water partition coefficient (Wildman–Crippen LogP) is 7.29. The Bertz CT molecular complexity index is 1310. The van der Waals surface area contributed by atoms with Crippen molar-refractivity contribution in [2.45, 2.75) is 31.8 Å². The lowest BCUT2D eigenvalue weighted by molar-refractivity contribution is -0.138. The van der Waals surface area contributed by atoms with Gasteiger partial charge in [-0.3, -0.25) is 0 Å². The molecule has 0 aromatic heterocycles. The van der Waals surface area contributed by atoms with Crippen molar-refractivity contribution in [3.05, 3.63) is 95.6 Å². The van der Waals surface area contributed by atoms with E-state index >= 15 is 0 Å². The largest absolute Gasteiger partial charge is 0.493 e. The lowest BCUT2D eigenvalue weighted by Gasteiger charge is -2.17. The maximum atomic E-state index is 12.6. The number of rotatable bonds is 8. The number of aliphatic hydroxyl groups is 1. The van der Waals surface area contributed by atoms with Gasteiger partial charge in [-0.05, 0) is 73.5 Å². The Kier molecular flexibility index (Phi) is 14.0. The molecule has 0 saturated carbocycles. The third kappa shape index (κ3) is 12.1. The number of carbonyl (C=O) groups excluding carboxylic acids is 1. The molecule has 2 heterocycles. The van der Waals surface area contributed by atoms with Crippen molar-refractivity contribution < 1.29 is 51.9 Å². The summed E-state index contributed by atoms with van der Waals surface area (Å²) in [7, 11) is 1.00. The van der Waals surface area contributed by atoms with Crippen molar-refractivity contribution >= 4 is 6.09 Å². The zero-order valence-corrected chi connectivity index (χ0v) is 25.3. The molecule has 5 rings (SSSR count). The van der Waals surface area contributed by atoms with Gasteiger partial charge in [0.15, 0.2) is 0 Å². The zero-order chi connectivity index (χ0) is 33.6. The van der Waals surface area contributed by atoms with Gasteiger partial charge in [-0.2, -0.15) is 26.3 Å². The summed E-state index contributed by atoms with van der Waals surface area (Å²) >= 11 is 0. The lowest BCUT2D eigenvalue weighted by atomic mass is 10.1. The fourth-order valence-electron chi connectivity index (χ4n) is 4.71. The Morgan fingerprint density at radius 2 is 1.33 bits per heavy atom. The molecule has 2 aliphatic heterocycles. The second-order valence-electron chi connectivity index (χ2n) is 10.7. The van der Waals surface area contributed by atoms with Gasteiger partial charge in [0, 0.05) is 40.0 Å². The number of nitrogens with one attached hydrogen (secondary N) is 1. The number of carbonyl (C=O) groups is 1. The summed E-state index contributed by atoms with van der Waals surface area (Å²) in [4.78, 5) is 13.8. The molecule has 0 unspecified atom stereocenters. The first-order chi connectivity index (χ1) is 22.0. The molecule has 0 aliphatic carbocycles. The number of ether oxygens (including phenoxy) is 3. The van der Waals surface area contributed by atoms with Crippen LogP contribution >= 0.6 is 0 Å². The van der Waals surface area contributed by atoms with Crippen molar-refractivity contribution in [2.24, 2.45) is 11.8 Å². The number of likely N-dealkylation sites (tertiary alicyclic amines) is 1. The molecule has 0 radical (unpaired) electrons. The van der Waals surface area contributed by atoms with E-state index in [9.17, 15) is 31.1 Å². The molecule has 3 aromatic carbocycles. The molecule has 2 atom stereocenters. The Morgan fingerprint density at radius 3 is 1.80 bits per heavy atom. The molecule has 13 heteroatoms. The van der Waals surface area contributed by atoms with E-state index in [1.807, 2.05) is 30.3 Å². The lowest BCUT2D eigenvalue weighted by Crippen LogP contribution is -2.30. The van der Waals surface area contributed by atoms with Crippen LogP contribution in [0, 0.1) is 11.8 Å². The average molecular weight is 659 g/mol. The molecular formula is C33H40F6N2O5. The predicted molar refractivity (Wildman–Crippen MR) is 161 cm³/mol. The van der Waals surface area contributed by atoms with Crippen molar-refractivity contribution in [1.29, 1.82) is 0 Å². The smallest absolute Gasteiger partial charge is 0.416 e. The van der Waals surface area contributed by atoms with E-state index in [0.29, 0.717) is 43.7 Å². The summed E-state index contributed by atoms with van der Waals surface area (Å²) in [5.41, 5.74) is -0.428. The highest BCUT2D eigenvalue weighted by molar-refractivity contribution is 5.68. The quantitative estimate of drug-likeness (QED) is 0.248. The maximum absolute atomic E-state index is 12.6. The van der Waals surface area contributed by atoms with Crippen LogP contribution in [-0.2, 0) is 23.7 Å². The van der Waals surface area contributed by atoms with E-state index in [0.717, 1.165) is 62.9 Å². The number of alkyl halides is 6. The second kappa shape index (κ2) is 17.7. The van der Waals surface area contributed by atoms with Gasteiger partial charge >= 0.3 is 18.4 Å². The van der Waals surface area contributed by atoms with Crippen molar-refractivity contribution in [2.75, 3.05) is 46.5 Å². The molecule has 0 bridgehead atoms. The second-order valence-corrected chi connectivity index (χ2v) is 10.7. The van der Waals surface area contributed by atoms with Gasteiger partial charge in [0.2, 0.25) is 0 Å². The van der Waals surface area contributed by atoms with E-state index in [1.54, 1.807) is 4.90 Å². The molecule has 2 fully saturated rings. The van der Waals surface area contributed by atoms with Crippen molar-refractivity contribution in [1.82, 2.24) is 10.2 Å². The third-order valence-corrected chi connectivity index (χ3v) is 7.25. The monoisotopic (exact) mass is 658 g/mol. The molecular weight excluding hydrogens is 618 g/mol. The van der Waals surface area contributed by atoms with Crippen molar-refractivity contribution in [3.8, 4) is 11.5 Å². The van der Waals surface area contributed by atoms with Gasteiger partial charge in [-0.1, -0.05) is 30.3 Å². The van der Waals surface area contributed by atoms with Crippen LogP contribution in [0.15, 0.2) is 78.9 Å². The molecule has 1 amide bonds. The number of aliphatic hydroxyl groups excluding tert-OH is 1. The Morgan fingerprint density at radius 1 is 0.804 bits per heavy atom. The molecule has 2 aliphatic rings. The minimum absolute atomic E-state index is 0. The van der Waals surface area contributed by atoms with Crippen LogP contribution in [0.2, 0.25) is 0 Å². The maximum Gasteiger partial charge on any atom is 0.416 e. The van der Waals surface area contributed by atoms with Gasteiger partial charge in [0.1, 0.15) is 18.1 Å². The fraction of sp³-hybridized carbons (Fsp3) is 0.424. The highest BCUT2D eigenvalue weighted by Crippen LogP contribution is 2.31. The summed E-state index contributed by atoms with van der Waals surface area (Å²) in [6, 6.07) is 18.9. The van der Waals surface area contributed by atoms with Gasteiger partial charge in [-0.15, -0.1) is 0 Å². The summed E-state index contributed by atoms with van der Waals surface area (Å²) in [6.07, 6.45) is -7.18. The minimum Gasteiger partial charge on any atom is -0.493 e. The molecule has 46 heavy (non-hydrogen) atoms. The topological polar surface area (TPSA) is 80.3 Å². The number of hydrogen-bond donors (Lipinski definition) is 2. The summed E-state index contributed by atoms with van der Waals surface area (Å²) in [5.74, 6) is 1.45. The molecule has 254 valence electrons. The number of nitrogens with zero attached hydrogens (tertiary/aromatic N) is 1. The van der Waals surface area contributed by atoms with Crippen molar-refractivity contribution in [3.63, 3.8) is 0 Å². The number of benzene rings is 3. The van der Waals surface area contributed by atoms with Crippen LogP contribution in [0.1, 0.15) is 31.0 Å². The molecule has 3 aromatic rings. The molecule has 7 nitrogen and oxygen atoms in total. The molecule has 2 saturated heterocycles. The number of amides is 1. The van der Waals surface area contributed by atoms with Crippen LogP contribution in [0.5, 0.6) is 11.5 Å². The van der Waals surface area contributed by atoms with Crippen LogP contribution in [0.3, 0.4) is 0 Å². The van der Waals surface area contributed by atoms with Crippen LogP contribution in [0.4, 0.5) is 31.1 Å². The summed E-state index contributed by atoms with van der Waals surface area (Å²) in [5, 5.41) is 10.2. The number of hydrogen-bond acceptors (Lipinski definition) is 6. The first-order valence-corrected chi connectivity index (χ1v) is 14.7. The van der Waals surface area contributed by atoms with E-state index in [-0.39, 0.29) is 20.0 Å². The number of halogens is 6. The summed E-state index contributed by atoms with van der Waals surface area (Å²) < 4.78 is 90.9. The fourth-order valence-corrected chi connectivity index (χ4v) is 4.71. The first kappa shape index (κ1) is 36.5. The van der Waals surface area contributed by atoms with E-state index in [1.165, 1.54) is 24.3 Å². The zero-order valence-electron chi connectivity index (χ0n) is 25.3.